The number of aromatic nitrogens is 4. The first-order valence-corrected chi connectivity index (χ1v) is 7.23. The van der Waals surface area contributed by atoms with E-state index in [1.54, 1.807) is 11.0 Å². The number of anilines is 1. The fraction of sp³-hybridized carbons (Fsp3) is 0.0667. The number of guanidine groups is 1. The van der Waals surface area contributed by atoms with E-state index >= 15 is 0 Å². The first-order valence-electron chi connectivity index (χ1n) is 7.23. The Labute approximate surface area is 142 Å². The number of rotatable bonds is 5. The van der Waals surface area contributed by atoms with Gasteiger partial charge in [-0.15, -0.1) is 0 Å². The molecular weight excluding hydrogens is 324 g/mol. The minimum atomic E-state index is -0.525. The van der Waals surface area contributed by atoms with Crippen LogP contribution in [0.5, 0.6) is 0 Å². The molecule has 25 heavy (non-hydrogen) atoms. The number of nitrogens with one attached hydrogen (secondary N) is 1. The molecule has 0 radical (unpaired) electrons. The lowest BCUT2D eigenvalue weighted by Crippen LogP contribution is -2.22. The minimum absolute atomic E-state index is 0.103. The lowest BCUT2D eigenvalue weighted by atomic mass is 10.2. The highest BCUT2D eigenvalue weighted by molar-refractivity contribution is 5.93. The van der Waals surface area contributed by atoms with Gasteiger partial charge < -0.3 is 11.1 Å². The minimum Gasteiger partial charge on any atom is -0.369 e. The highest BCUT2D eigenvalue weighted by atomic mass is 16.6. The molecule has 3 N–H and O–H groups in total. The summed E-state index contributed by atoms with van der Waals surface area (Å²) >= 11 is 0. The van der Waals surface area contributed by atoms with Gasteiger partial charge in [-0.3, -0.25) is 10.1 Å². The summed E-state index contributed by atoms with van der Waals surface area (Å²) in [5.74, 6) is 0.406. The fourth-order valence-corrected chi connectivity index (χ4v) is 2.05. The zero-order valence-electron chi connectivity index (χ0n) is 13.0. The Balaban J connectivity index is 1.63. The lowest BCUT2D eigenvalue weighted by molar-refractivity contribution is -0.385. The topological polar surface area (TPSA) is 137 Å². The van der Waals surface area contributed by atoms with E-state index in [1.807, 2.05) is 24.3 Å². The Bertz CT molecular complexity index is 873. The molecule has 0 saturated carbocycles. The molecule has 0 saturated heterocycles. The van der Waals surface area contributed by atoms with Crippen LogP contribution in [-0.2, 0) is 6.54 Å². The van der Waals surface area contributed by atoms with E-state index in [2.05, 4.69) is 25.4 Å². The van der Waals surface area contributed by atoms with Crippen molar-refractivity contribution in [2.75, 3.05) is 5.32 Å². The zero-order chi connectivity index (χ0) is 17.6. The van der Waals surface area contributed by atoms with Gasteiger partial charge in [-0.25, -0.2) is 14.6 Å². The summed E-state index contributed by atoms with van der Waals surface area (Å²) < 4.78 is 1.72. The van der Waals surface area contributed by atoms with Gasteiger partial charge in [0, 0.05) is 11.8 Å². The third-order valence-corrected chi connectivity index (χ3v) is 3.22. The van der Waals surface area contributed by atoms with Crippen molar-refractivity contribution in [3.63, 3.8) is 0 Å². The summed E-state index contributed by atoms with van der Waals surface area (Å²) in [6.07, 6.45) is 4.26. The summed E-state index contributed by atoms with van der Waals surface area (Å²) in [5.41, 5.74) is 7.54. The monoisotopic (exact) mass is 338 g/mol. The van der Waals surface area contributed by atoms with E-state index in [0.717, 1.165) is 17.4 Å². The van der Waals surface area contributed by atoms with Crippen LogP contribution in [0.2, 0.25) is 0 Å². The van der Waals surface area contributed by atoms with Crippen molar-refractivity contribution in [1.29, 1.82) is 0 Å². The van der Waals surface area contributed by atoms with Crippen LogP contribution in [0.25, 0.3) is 0 Å². The molecule has 2 heterocycles. The van der Waals surface area contributed by atoms with Crippen molar-refractivity contribution in [3.8, 4) is 0 Å². The van der Waals surface area contributed by atoms with Gasteiger partial charge in [0.15, 0.2) is 11.8 Å². The van der Waals surface area contributed by atoms with Gasteiger partial charge in [0.25, 0.3) is 5.69 Å². The SMILES string of the molecule is NC(=Nc1ccc([N+](=O)[O-])cn1)Nc1ccc(Cn2cncn2)cc1. The zero-order valence-corrected chi connectivity index (χ0v) is 13.0. The molecule has 0 fully saturated rings. The highest BCUT2D eigenvalue weighted by Crippen LogP contribution is 2.15. The Kier molecular flexibility index (Phi) is 4.60. The van der Waals surface area contributed by atoms with E-state index in [4.69, 9.17) is 5.73 Å². The van der Waals surface area contributed by atoms with Crippen LogP contribution in [0.15, 0.2) is 60.2 Å². The predicted octanol–water partition coefficient (Wildman–Crippen LogP) is 1.69. The summed E-state index contributed by atoms with van der Waals surface area (Å²) in [6, 6.07) is 10.3. The van der Waals surface area contributed by atoms with Gasteiger partial charge in [0.1, 0.15) is 18.9 Å². The Morgan fingerprint density at radius 2 is 2.08 bits per heavy atom. The standard InChI is InChI=1S/C15H14N8O2/c16-15(21-14-6-5-13(7-18-14)23(24)25)20-12-3-1-11(2-4-12)8-22-10-17-9-19-22/h1-7,9-10H,8H2,(H3,16,18,20,21). The van der Waals surface area contributed by atoms with Gasteiger partial charge in [0.2, 0.25) is 0 Å². The van der Waals surface area contributed by atoms with E-state index < -0.39 is 4.92 Å². The Hall–Kier alpha value is -3.82. The molecule has 0 unspecified atom stereocenters. The highest BCUT2D eigenvalue weighted by Gasteiger charge is 2.05. The van der Waals surface area contributed by atoms with Crippen molar-refractivity contribution in [2.45, 2.75) is 6.54 Å². The van der Waals surface area contributed by atoms with Crippen LogP contribution in [-0.4, -0.2) is 30.6 Å². The van der Waals surface area contributed by atoms with Crippen LogP contribution in [0, 0.1) is 10.1 Å². The van der Waals surface area contributed by atoms with Crippen molar-refractivity contribution < 1.29 is 4.92 Å². The molecule has 0 aliphatic heterocycles. The number of nitrogens with zero attached hydrogens (tertiary/aromatic N) is 6. The number of aliphatic imine (C=N–C) groups is 1. The Morgan fingerprint density at radius 3 is 2.68 bits per heavy atom. The maximum Gasteiger partial charge on any atom is 0.287 e. The summed E-state index contributed by atoms with van der Waals surface area (Å²) in [6.45, 7) is 0.622. The van der Waals surface area contributed by atoms with Crippen molar-refractivity contribution in [3.05, 3.63) is 70.9 Å². The summed E-state index contributed by atoms with van der Waals surface area (Å²) in [5, 5.41) is 17.6. The maximum absolute atomic E-state index is 10.6. The van der Waals surface area contributed by atoms with E-state index in [-0.39, 0.29) is 17.5 Å². The molecule has 126 valence electrons. The third-order valence-electron chi connectivity index (χ3n) is 3.22. The molecule has 0 aliphatic carbocycles. The molecule has 10 heteroatoms. The maximum atomic E-state index is 10.6. The molecule has 10 nitrogen and oxygen atoms in total. The number of pyridine rings is 1. The average Bonchev–Trinajstić information content (AvgIpc) is 3.10. The quantitative estimate of drug-likeness (QED) is 0.312. The van der Waals surface area contributed by atoms with Crippen LogP contribution >= 0.6 is 0 Å². The van der Waals surface area contributed by atoms with Gasteiger partial charge in [-0.1, -0.05) is 12.1 Å². The van der Waals surface area contributed by atoms with Gasteiger partial charge in [-0.2, -0.15) is 10.1 Å². The molecule has 0 spiro atoms. The molecule has 3 rings (SSSR count). The van der Waals surface area contributed by atoms with Crippen LogP contribution in [0.4, 0.5) is 17.2 Å². The van der Waals surface area contributed by atoms with Gasteiger partial charge in [0.05, 0.1) is 11.5 Å². The first kappa shape index (κ1) is 16.1. The number of hydrogen-bond acceptors (Lipinski definition) is 6. The third kappa shape index (κ3) is 4.34. The second-order valence-corrected chi connectivity index (χ2v) is 5.04. The number of hydrogen-bond donors (Lipinski definition) is 2. The molecule has 0 amide bonds. The van der Waals surface area contributed by atoms with Crippen LogP contribution in [0.1, 0.15) is 5.56 Å². The first-order chi connectivity index (χ1) is 12.1. The second-order valence-electron chi connectivity index (χ2n) is 5.04. The molecular formula is C15H14N8O2. The van der Waals surface area contributed by atoms with Crippen LogP contribution in [0.3, 0.4) is 0 Å². The van der Waals surface area contributed by atoms with E-state index in [1.165, 1.54) is 18.5 Å². The molecule has 3 aromatic rings. The smallest absolute Gasteiger partial charge is 0.287 e. The molecule has 0 atom stereocenters. The number of nitrogens with two attached hydrogens (primary N) is 1. The molecule has 2 aromatic heterocycles. The predicted molar refractivity (Wildman–Crippen MR) is 91.4 cm³/mol. The normalized spacial score (nSPS) is 11.3. The molecule has 0 aliphatic rings. The van der Waals surface area contributed by atoms with Gasteiger partial charge >= 0.3 is 0 Å². The Morgan fingerprint density at radius 1 is 1.28 bits per heavy atom. The van der Waals surface area contributed by atoms with Crippen molar-refractivity contribution >= 4 is 23.2 Å². The molecule has 1 aromatic carbocycles. The summed E-state index contributed by atoms with van der Waals surface area (Å²) in [7, 11) is 0. The second kappa shape index (κ2) is 7.17. The van der Waals surface area contributed by atoms with Crippen LogP contribution < -0.4 is 11.1 Å². The average molecular weight is 338 g/mol. The van der Waals surface area contributed by atoms with E-state index in [9.17, 15) is 10.1 Å². The van der Waals surface area contributed by atoms with Crippen molar-refractivity contribution in [2.24, 2.45) is 10.7 Å². The molecule has 0 bridgehead atoms. The fourth-order valence-electron chi connectivity index (χ4n) is 2.05. The lowest BCUT2D eigenvalue weighted by Gasteiger charge is -2.07. The largest absolute Gasteiger partial charge is 0.369 e. The summed E-state index contributed by atoms with van der Waals surface area (Å²) in [4.78, 5) is 21.9. The van der Waals surface area contributed by atoms with E-state index in [0.29, 0.717) is 6.54 Å². The van der Waals surface area contributed by atoms with Crippen molar-refractivity contribution in [1.82, 2.24) is 19.7 Å². The number of benzene rings is 1. The number of nitro groups is 1. The van der Waals surface area contributed by atoms with Gasteiger partial charge in [-0.05, 0) is 23.8 Å².